The number of ether oxygens (including phenoxy) is 1. The highest BCUT2D eigenvalue weighted by Gasteiger charge is 2.29. The van der Waals surface area contributed by atoms with Crippen LogP contribution in [0.3, 0.4) is 0 Å². The lowest BCUT2D eigenvalue weighted by atomic mass is 9.81. The van der Waals surface area contributed by atoms with E-state index < -0.39 is 15.1 Å². The van der Waals surface area contributed by atoms with E-state index in [0.29, 0.717) is 23.3 Å². The lowest BCUT2D eigenvalue weighted by Crippen LogP contribution is -2.44. The molecule has 0 amide bonds. The minimum absolute atomic E-state index is 0.0457. The van der Waals surface area contributed by atoms with E-state index in [-0.39, 0.29) is 23.2 Å². The van der Waals surface area contributed by atoms with E-state index in [1.807, 2.05) is 0 Å². The van der Waals surface area contributed by atoms with Gasteiger partial charge in [-0.1, -0.05) is 43.3 Å². The monoisotopic (exact) mass is 523 g/mol. The zero-order valence-corrected chi connectivity index (χ0v) is 22.9. The van der Waals surface area contributed by atoms with Gasteiger partial charge in [0, 0.05) is 18.3 Å². The molecule has 9 heteroatoms. The molecule has 0 saturated carbocycles. The van der Waals surface area contributed by atoms with Crippen LogP contribution in [0.5, 0.6) is 0 Å². The number of aromatic nitrogens is 2. The molecule has 4 N–H and O–H groups in total. The second kappa shape index (κ2) is 11.2. The van der Waals surface area contributed by atoms with Crippen LogP contribution in [0.1, 0.15) is 52.5 Å². The summed E-state index contributed by atoms with van der Waals surface area (Å²) in [7, 11) is -3.50. The predicted octanol–water partition coefficient (Wildman–Crippen LogP) is 5.12. The second-order valence-corrected chi connectivity index (χ2v) is 12.7. The van der Waals surface area contributed by atoms with E-state index in [1.54, 1.807) is 44.3 Å². The molecule has 3 unspecified atom stereocenters. The van der Waals surface area contributed by atoms with Crippen molar-refractivity contribution in [2.24, 2.45) is 5.92 Å². The Balaban J connectivity index is 1.64. The van der Waals surface area contributed by atoms with Crippen molar-refractivity contribution in [1.82, 2.24) is 15.3 Å². The lowest BCUT2D eigenvalue weighted by molar-refractivity contribution is -0.0376. The normalized spacial score (nSPS) is 20.4. The Morgan fingerprint density at radius 1 is 1.08 bits per heavy atom. The molecule has 2 aromatic carbocycles. The van der Waals surface area contributed by atoms with Gasteiger partial charge in [-0.3, -0.25) is 5.32 Å². The van der Waals surface area contributed by atoms with Gasteiger partial charge >= 0.3 is 0 Å². The van der Waals surface area contributed by atoms with Gasteiger partial charge in [-0.25, -0.2) is 13.4 Å². The Labute approximate surface area is 220 Å². The van der Waals surface area contributed by atoms with Crippen molar-refractivity contribution in [3.05, 3.63) is 60.3 Å². The first-order chi connectivity index (χ1) is 17.6. The van der Waals surface area contributed by atoms with E-state index in [0.717, 1.165) is 24.1 Å². The molecule has 1 aliphatic rings. The molecular formula is C28H37N5O3S. The molecule has 0 bridgehead atoms. The fraction of sp³-hybridized carbons (Fsp3) is 0.429. The lowest BCUT2D eigenvalue weighted by Gasteiger charge is -2.36. The van der Waals surface area contributed by atoms with Crippen LogP contribution >= 0.6 is 0 Å². The molecule has 3 atom stereocenters. The minimum atomic E-state index is -3.50. The van der Waals surface area contributed by atoms with Gasteiger partial charge in [0.15, 0.2) is 9.84 Å². The van der Waals surface area contributed by atoms with Crippen LogP contribution in [0.2, 0.25) is 0 Å². The van der Waals surface area contributed by atoms with Crippen molar-refractivity contribution >= 4 is 27.3 Å². The number of para-hydroxylation sites is 1. The number of benzene rings is 2. The van der Waals surface area contributed by atoms with Crippen molar-refractivity contribution in [3.63, 3.8) is 0 Å². The molecule has 8 nitrogen and oxygen atoms in total. The van der Waals surface area contributed by atoms with Gasteiger partial charge < -0.3 is 15.8 Å². The van der Waals surface area contributed by atoms with Crippen LogP contribution in [0, 0.1) is 5.92 Å². The van der Waals surface area contributed by atoms with Crippen LogP contribution in [-0.2, 0) is 14.6 Å². The molecule has 37 heavy (non-hydrogen) atoms. The van der Waals surface area contributed by atoms with Crippen LogP contribution < -0.4 is 16.4 Å². The molecule has 0 radical (unpaired) electrons. The Hall–Kier alpha value is -3.01. The van der Waals surface area contributed by atoms with Gasteiger partial charge in [0.25, 0.3) is 0 Å². The number of rotatable bonds is 8. The van der Waals surface area contributed by atoms with E-state index in [1.165, 1.54) is 5.56 Å². The molecule has 0 spiro atoms. The number of nitrogen functional groups attached to an aromatic ring is 1. The standard InChI is InChI=1S/C28H37N5O3S/c1-17(2)36-26-14-22(19(5)15-30-26)20-10-12-21(13-11-20)23-16-31-28(29)33-27(23)32-24-8-6-7-9-25(24)37(34,35)18(3)4/h6-13,16-19,22,26,30H,14-15H2,1-5H3,(H3,29,31,32,33). The molecule has 4 rings (SSSR count). The highest BCUT2D eigenvalue weighted by atomic mass is 32.2. The first kappa shape index (κ1) is 27.0. The summed E-state index contributed by atoms with van der Waals surface area (Å²) in [5.41, 5.74) is 9.27. The van der Waals surface area contributed by atoms with Crippen molar-refractivity contribution < 1.29 is 13.2 Å². The zero-order valence-electron chi connectivity index (χ0n) is 22.1. The number of hydrogen-bond acceptors (Lipinski definition) is 8. The molecule has 3 aromatic rings. The van der Waals surface area contributed by atoms with E-state index >= 15 is 0 Å². The maximum absolute atomic E-state index is 13.0. The third-order valence-electron chi connectivity index (χ3n) is 6.78. The SMILES string of the molecule is CC(C)OC1CC(c2ccc(-c3cnc(N)nc3Nc3ccccc3S(=O)(=O)C(C)C)cc2)C(C)CN1. The summed E-state index contributed by atoms with van der Waals surface area (Å²) < 4.78 is 31.9. The molecule has 2 heterocycles. The van der Waals surface area contributed by atoms with Crippen molar-refractivity contribution in [2.75, 3.05) is 17.6 Å². The maximum atomic E-state index is 13.0. The van der Waals surface area contributed by atoms with E-state index in [2.05, 4.69) is 65.6 Å². The molecular weight excluding hydrogens is 486 g/mol. The molecule has 1 saturated heterocycles. The second-order valence-electron chi connectivity index (χ2n) is 10.2. The third kappa shape index (κ3) is 6.11. The van der Waals surface area contributed by atoms with Gasteiger partial charge in [0.05, 0.1) is 21.9 Å². The molecule has 0 aliphatic carbocycles. The summed E-state index contributed by atoms with van der Waals surface area (Å²) in [5.74, 6) is 1.42. The summed E-state index contributed by atoms with van der Waals surface area (Å²) in [5, 5.41) is 6.15. The molecule has 1 fully saturated rings. The van der Waals surface area contributed by atoms with Crippen LogP contribution in [0.15, 0.2) is 59.6 Å². The maximum Gasteiger partial charge on any atom is 0.221 e. The first-order valence-corrected chi connectivity index (χ1v) is 14.3. The quantitative estimate of drug-likeness (QED) is 0.372. The van der Waals surface area contributed by atoms with E-state index in [4.69, 9.17) is 10.5 Å². The number of piperidine rings is 1. The number of nitrogens with one attached hydrogen (secondary N) is 2. The summed E-state index contributed by atoms with van der Waals surface area (Å²) in [6.45, 7) is 10.6. The zero-order chi connectivity index (χ0) is 26.7. The van der Waals surface area contributed by atoms with Crippen LogP contribution in [0.25, 0.3) is 11.1 Å². The highest BCUT2D eigenvalue weighted by Crippen LogP contribution is 2.36. The Morgan fingerprint density at radius 2 is 1.78 bits per heavy atom. The largest absolute Gasteiger partial charge is 0.368 e. The van der Waals surface area contributed by atoms with Gasteiger partial charge in [0.2, 0.25) is 5.95 Å². The summed E-state index contributed by atoms with van der Waals surface area (Å²) in [6, 6.07) is 15.2. The van der Waals surface area contributed by atoms with Crippen molar-refractivity contribution in [2.45, 2.75) is 69.4 Å². The average Bonchev–Trinajstić information content (AvgIpc) is 2.85. The van der Waals surface area contributed by atoms with Crippen LogP contribution in [0.4, 0.5) is 17.5 Å². The van der Waals surface area contributed by atoms with Gasteiger partial charge in [-0.15, -0.1) is 0 Å². The van der Waals surface area contributed by atoms with E-state index in [9.17, 15) is 8.42 Å². The predicted molar refractivity (Wildman–Crippen MR) is 148 cm³/mol. The Bertz CT molecular complexity index is 1330. The average molecular weight is 524 g/mol. The number of nitrogens with two attached hydrogens (primary N) is 1. The summed E-state index contributed by atoms with van der Waals surface area (Å²) >= 11 is 0. The number of hydrogen-bond donors (Lipinski definition) is 3. The van der Waals surface area contributed by atoms with Gasteiger partial charge in [-0.05, 0) is 69.2 Å². The Kier molecular flexibility index (Phi) is 8.16. The summed E-state index contributed by atoms with van der Waals surface area (Å²) in [6.07, 6.45) is 2.80. The highest BCUT2D eigenvalue weighted by molar-refractivity contribution is 7.92. The number of nitrogens with zero attached hydrogens (tertiary/aromatic N) is 2. The molecule has 198 valence electrons. The van der Waals surface area contributed by atoms with Gasteiger partial charge in [0.1, 0.15) is 12.0 Å². The Morgan fingerprint density at radius 3 is 2.46 bits per heavy atom. The summed E-state index contributed by atoms with van der Waals surface area (Å²) in [4.78, 5) is 8.84. The number of sulfone groups is 1. The fourth-order valence-electron chi connectivity index (χ4n) is 4.71. The minimum Gasteiger partial charge on any atom is -0.368 e. The topological polar surface area (TPSA) is 119 Å². The van der Waals surface area contributed by atoms with Crippen molar-refractivity contribution in [1.29, 1.82) is 0 Å². The first-order valence-electron chi connectivity index (χ1n) is 12.8. The van der Waals surface area contributed by atoms with Crippen molar-refractivity contribution in [3.8, 4) is 11.1 Å². The van der Waals surface area contributed by atoms with Gasteiger partial charge in [-0.2, -0.15) is 4.98 Å². The number of anilines is 3. The third-order valence-corrected chi connectivity index (χ3v) is 8.99. The fourth-order valence-corrected chi connectivity index (χ4v) is 5.92. The molecule has 1 aliphatic heterocycles. The molecule has 1 aromatic heterocycles. The smallest absolute Gasteiger partial charge is 0.221 e. The van der Waals surface area contributed by atoms with Crippen LogP contribution in [-0.4, -0.2) is 42.5 Å².